The quantitative estimate of drug-likeness (QED) is 0.349. The molecule has 1 heterocycles. The molecule has 3 rings (SSSR count). The molecule has 0 saturated heterocycles. The summed E-state index contributed by atoms with van der Waals surface area (Å²) in [6.45, 7) is 4.33. The number of anilines is 4. The largest absolute Gasteiger partial charge is 0.465 e. The number of aromatic nitrogens is 2. The first-order valence-corrected chi connectivity index (χ1v) is 9.23. The number of carbonyl (C=O) groups excluding carboxylic acids is 1. The van der Waals surface area contributed by atoms with Gasteiger partial charge >= 0.3 is 11.7 Å². The van der Waals surface area contributed by atoms with Crippen LogP contribution in [0.1, 0.15) is 22.8 Å². The van der Waals surface area contributed by atoms with Gasteiger partial charge in [-0.1, -0.05) is 12.1 Å². The van der Waals surface area contributed by atoms with Crippen LogP contribution in [0.4, 0.5) is 28.7 Å². The third-order valence-electron chi connectivity index (χ3n) is 4.44. The van der Waals surface area contributed by atoms with Crippen LogP contribution in [0.2, 0.25) is 0 Å². The minimum atomic E-state index is -0.501. The number of carbonyl (C=O) groups is 1. The third kappa shape index (κ3) is 4.35. The van der Waals surface area contributed by atoms with Crippen LogP contribution >= 0.6 is 0 Å². The molecular weight excluding hydrogens is 386 g/mol. The van der Waals surface area contributed by atoms with E-state index in [1.165, 1.54) is 13.4 Å². The maximum absolute atomic E-state index is 11.9. The van der Waals surface area contributed by atoms with E-state index in [4.69, 9.17) is 0 Å². The molecule has 0 unspecified atom stereocenters. The number of rotatable bonds is 7. The van der Waals surface area contributed by atoms with Gasteiger partial charge in [0.1, 0.15) is 6.33 Å². The van der Waals surface area contributed by atoms with Crippen LogP contribution in [0.3, 0.4) is 0 Å². The van der Waals surface area contributed by atoms with Gasteiger partial charge in [0.05, 0.1) is 17.6 Å². The molecule has 1 N–H and O–H groups in total. The summed E-state index contributed by atoms with van der Waals surface area (Å²) in [5, 5.41) is 14.9. The number of hydrogen-bond acceptors (Lipinski definition) is 8. The third-order valence-corrected chi connectivity index (χ3v) is 4.44. The van der Waals surface area contributed by atoms with Gasteiger partial charge < -0.3 is 15.0 Å². The molecule has 0 aliphatic heterocycles. The number of nitro groups is 1. The molecule has 9 heteroatoms. The highest BCUT2D eigenvalue weighted by atomic mass is 16.6. The van der Waals surface area contributed by atoms with Crippen molar-refractivity contribution >= 4 is 34.7 Å². The lowest BCUT2D eigenvalue weighted by Gasteiger charge is -2.22. The van der Waals surface area contributed by atoms with Crippen LogP contribution in [0.5, 0.6) is 0 Å². The molecule has 0 fully saturated rings. The minimum absolute atomic E-state index is 0.0573. The highest BCUT2D eigenvalue weighted by molar-refractivity contribution is 5.90. The number of benzene rings is 2. The highest BCUT2D eigenvalue weighted by Gasteiger charge is 2.27. The zero-order valence-electron chi connectivity index (χ0n) is 16.8. The maximum Gasteiger partial charge on any atom is 0.354 e. The number of aryl methyl sites for hydroxylation is 1. The zero-order chi connectivity index (χ0) is 21.7. The summed E-state index contributed by atoms with van der Waals surface area (Å²) >= 11 is 0. The molecule has 9 nitrogen and oxygen atoms in total. The minimum Gasteiger partial charge on any atom is -0.465 e. The standard InChI is InChI=1S/C21H21N5O4/c1-4-25(17-7-5-6-14(2)12-17)20-18(26(28)29)19(22-13-23-20)24-16-10-8-15(9-11-16)21(27)30-3/h5-13H,4H2,1-3H3,(H,22,23,24). The first-order chi connectivity index (χ1) is 14.4. The zero-order valence-corrected chi connectivity index (χ0v) is 16.8. The van der Waals surface area contributed by atoms with Gasteiger partial charge in [0.15, 0.2) is 0 Å². The van der Waals surface area contributed by atoms with E-state index in [0.29, 0.717) is 17.8 Å². The molecule has 30 heavy (non-hydrogen) atoms. The SMILES string of the molecule is CCN(c1cccc(C)c1)c1ncnc(Nc2ccc(C(=O)OC)cc2)c1[N+](=O)[O-]. The van der Waals surface area contributed by atoms with E-state index < -0.39 is 10.9 Å². The van der Waals surface area contributed by atoms with Crippen LogP contribution in [-0.2, 0) is 4.74 Å². The molecule has 0 aliphatic carbocycles. The first-order valence-electron chi connectivity index (χ1n) is 9.23. The fourth-order valence-corrected chi connectivity index (χ4v) is 3.02. The Labute approximate surface area is 173 Å². The van der Waals surface area contributed by atoms with E-state index >= 15 is 0 Å². The molecule has 0 aliphatic rings. The average Bonchev–Trinajstić information content (AvgIpc) is 2.74. The van der Waals surface area contributed by atoms with Crippen molar-refractivity contribution in [2.75, 3.05) is 23.9 Å². The van der Waals surface area contributed by atoms with Gasteiger partial charge in [-0.2, -0.15) is 0 Å². The molecule has 154 valence electrons. The predicted octanol–water partition coefficient (Wildman–Crippen LogP) is 4.38. The fourth-order valence-electron chi connectivity index (χ4n) is 3.02. The van der Waals surface area contributed by atoms with Gasteiger partial charge in [-0.15, -0.1) is 0 Å². The summed E-state index contributed by atoms with van der Waals surface area (Å²) in [6.07, 6.45) is 1.28. The molecule has 0 bridgehead atoms. The number of nitrogens with zero attached hydrogens (tertiary/aromatic N) is 4. The van der Waals surface area contributed by atoms with Gasteiger partial charge in [-0.25, -0.2) is 14.8 Å². The highest BCUT2D eigenvalue weighted by Crippen LogP contribution is 2.37. The van der Waals surface area contributed by atoms with Gasteiger partial charge in [0.25, 0.3) is 0 Å². The number of nitrogens with one attached hydrogen (secondary N) is 1. The van der Waals surface area contributed by atoms with Crippen molar-refractivity contribution in [3.63, 3.8) is 0 Å². The van der Waals surface area contributed by atoms with Crippen molar-refractivity contribution in [3.8, 4) is 0 Å². The molecule has 0 radical (unpaired) electrons. The van der Waals surface area contributed by atoms with Gasteiger partial charge in [0, 0.05) is 17.9 Å². The molecule has 2 aromatic carbocycles. The Kier molecular flexibility index (Phi) is 6.21. The second-order valence-electron chi connectivity index (χ2n) is 6.43. The Bertz CT molecular complexity index is 1070. The maximum atomic E-state index is 11.9. The lowest BCUT2D eigenvalue weighted by Crippen LogP contribution is -2.20. The van der Waals surface area contributed by atoms with Crippen LogP contribution in [0.25, 0.3) is 0 Å². The van der Waals surface area contributed by atoms with Crippen LogP contribution in [-0.4, -0.2) is 34.5 Å². The summed E-state index contributed by atoms with van der Waals surface area (Å²) < 4.78 is 4.68. The van der Waals surface area contributed by atoms with Crippen molar-refractivity contribution in [3.05, 3.63) is 76.1 Å². The Balaban J connectivity index is 2.00. The Hall–Kier alpha value is -4.01. The smallest absolute Gasteiger partial charge is 0.354 e. The number of methoxy groups -OCH3 is 1. The summed E-state index contributed by atoms with van der Waals surface area (Å²) in [6, 6.07) is 14.0. The molecule has 1 aromatic heterocycles. The number of ether oxygens (including phenoxy) is 1. The molecule has 0 amide bonds. The topological polar surface area (TPSA) is 110 Å². The van der Waals surface area contributed by atoms with Gasteiger partial charge in [-0.3, -0.25) is 10.1 Å². The summed E-state index contributed by atoms with van der Waals surface area (Å²) in [4.78, 5) is 33.0. The molecule has 0 spiro atoms. The molecule has 3 aromatic rings. The fraction of sp³-hybridized carbons (Fsp3) is 0.190. The lowest BCUT2D eigenvalue weighted by molar-refractivity contribution is -0.383. The van der Waals surface area contributed by atoms with E-state index in [2.05, 4.69) is 20.0 Å². The van der Waals surface area contributed by atoms with Crippen molar-refractivity contribution in [1.82, 2.24) is 9.97 Å². The van der Waals surface area contributed by atoms with Crippen LogP contribution < -0.4 is 10.2 Å². The normalized spacial score (nSPS) is 10.4. The Morgan fingerprint density at radius 1 is 1.20 bits per heavy atom. The molecular formula is C21H21N5O4. The van der Waals surface area contributed by atoms with Crippen LogP contribution in [0.15, 0.2) is 54.9 Å². The number of hydrogen-bond donors (Lipinski definition) is 1. The van der Waals surface area contributed by atoms with Crippen molar-refractivity contribution in [2.24, 2.45) is 0 Å². The Morgan fingerprint density at radius 3 is 2.53 bits per heavy atom. The van der Waals surface area contributed by atoms with Crippen molar-refractivity contribution in [2.45, 2.75) is 13.8 Å². The first kappa shape index (κ1) is 20.7. The lowest BCUT2D eigenvalue weighted by atomic mass is 10.2. The second-order valence-corrected chi connectivity index (χ2v) is 6.43. The second kappa shape index (κ2) is 8.99. The van der Waals surface area contributed by atoms with E-state index in [0.717, 1.165) is 11.3 Å². The Morgan fingerprint density at radius 2 is 1.93 bits per heavy atom. The summed E-state index contributed by atoms with van der Waals surface area (Å²) in [5.41, 5.74) is 2.50. The van der Waals surface area contributed by atoms with Crippen molar-refractivity contribution in [1.29, 1.82) is 0 Å². The van der Waals surface area contributed by atoms with E-state index in [9.17, 15) is 14.9 Å². The monoisotopic (exact) mass is 407 g/mol. The molecule has 0 atom stereocenters. The summed E-state index contributed by atoms with van der Waals surface area (Å²) in [5.74, 6) is -0.215. The number of esters is 1. The van der Waals surface area contributed by atoms with Crippen molar-refractivity contribution < 1.29 is 14.5 Å². The van der Waals surface area contributed by atoms with Gasteiger partial charge in [0.2, 0.25) is 11.6 Å². The molecule has 0 saturated carbocycles. The van der Waals surface area contributed by atoms with E-state index in [1.807, 2.05) is 38.1 Å². The van der Waals surface area contributed by atoms with Gasteiger partial charge in [-0.05, 0) is 55.8 Å². The summed E-state index contributed by atoms with van der Waals surface area (Å²) in [7, 11) is 1.30. The van der Waals surface area contributed by atoms with E-state index in [1.54, 1.807) is 29.2 Å². The van der Waals surface area contributed by atoms with E-state index in [-0.39, 0.29) is 17.3 Å². The predicted molar refractivity (Wildman–Crippen MR) is 114 cm³/mol. The van der Waals surface area contributed by atoms with Crippen LogP contribution in [0, 0.1) is 17.0 Å². The average molecular weight is 407 g/mol.